The summed E-state index contributed by atoms with van der Waals surface area (Å²) in [4.78, 5) is 37.2. The van der Waals surface area contributed by atoms with Crippen molar-refractivity contribution in [2.24, 2.45) is 10.2 Å². The Balaban J connectivity index is 1.78. The SMILES string of the molecule is C[C@H](NC(=O)c1ccccc1)C(=O)N=Nc1c(O)[nH]c2ccc([N+](=O)[O-])cc12. The summed E-state index contributed by atoms with van der Waals surface area (Å²) in [5.41, 5.74) is 0.488. The van der Waals surface area contributed by atoms with E-state index in [4.69, 9.17) is 0 Å². The molecule has 1 atom stereocenters. The van der Waals surface area contributed by atoms with Gasteiger partial charge in [-0.3, -0.25) is 19.7 Å². The number of nitro groups is 1. The van der Waals surface area contributed by atoms with E-state index in [0.717, 1.165) is 0 Å². The number of aromatic amines is 1. The quantitative estimate of drug-likeness (QED) is 0.352. The Bertz CT molecular complexity index is 1090. The second-order valence-corrected chi connectivity index (χ2v) is 5.91. The fraction of sp³-hybridized carbons (Fsp3) is 0.111. The minimum Gasteiger partial charge on any atom is -0.493 e. The molecule has 0 bridgehead atoms. The van der Waals surface area contributed by atoms with Crippen molar-refractivity contribution in [3.8, 4) is 5.88 Å². The first-order valence-electron chi connectivity index (χ1n) is 8.17. The summed E-state index contributed by atoms with van der Waals surface area (Å²) in [6.45, 7) is 1.45. The first kappa shape index (κ1) is 18.7. The maximum Gasteiger partial charge on any atom is 0.286 e. The molecule has 0 saturated carbocycles. The molecule has 3 rings (SSSR count). The summed E-state index contributed by atoms with van der Waals surface area (Å²) in [5.74, 6) is -1.57. The van der Waals surface area contributed by atoms with Crippen molar-refractivity contribution in [1.82, 2.24) is 10.3 Å². The minimum atomic E-state index is -0.960. The van der Waals surface area contributed by atoms with Gasteiger partial charge in [-0.05, 0) is 25.1 Å². The van der Waals surface area contributed by atoms with Crippen LogP contribution < -0.4 is 5.32 Å². The predicted molar refractivity (Wildman–Crippen MR) is 99.5 cm³/mol. The van der Waals surface area contributed by atoms with Crippen LogP contribution in [0.2, 0.25) is 0 Å². The Morgan fingerprint density at radius 3 is 2.61 bits per heavy atom. The Hall–Kier alpha value is -4.08. The van der Waals surface area contributed by atoms with Crippen LogP contribution >= 0.6 is 0 Å². The number of amides is 2. The number of nitrogens with one attached hydrogen (secondary N) is 2. The van der Waals surface area contributed by atoms with Crippen molar-refractivity contribution >= 4 is 34.1 Å². The predicted octanol–water partition coefficient (Wildman–Crippen LogP) is 3.21. The number of nitrogens with zero attached hydrogens (tertiary/aromatic N) is 3. The molecule has 0 aliphatic heterocycles. The van der Waals surface area contributed by atoms with Crippen LogP contribution in [0, 0.1) is 10.1 Å². The second kappa shape index (κ2) is 7.66. The highest BCUT2D eigenvalue weighted by molar-refractivity contribution is 5.98. The van der Waals surface area contributed by atoms with E-state index < -0.39 is 22.8 Å². The van der Waals surface area contributed by atoms with Gasteiger partial charge in [0.1, 0.15) is 6.04 Å². The van der Waals surface area contributed by atoms with Crippen LogP contribution in [-0.4, -0.2) is 32.9 Å². The smallest absolute Gasteiger partial charge is 0.286 e. The number of carbonyl (C=O) groups excluding carboxylic acids is 2. The lowest BCUT2D eigenvalue weighted by Gasteiger charge is -2.09. The molecule has 3 aromatic rings. The van der Waals surface area contributed by atoms with Crippen LogP contribution in [0.5, 0.6) is 5.88 Å². The number of non-ortho nitro benzene ring substituents is 1. The van der Waals surface area contributed by atoms with Gasteiger partial charge >= 0.3 is 0 Å². The zero-order valence-corrected chi connectivity index (χ0v) is 14.6. The molecule has 142 valence electrons. The number of rotatable bonds is 5. The molecule has 10 heteroatoms. The van der Waals surface area contributed by atoms with Crippen molar-refractivity contribution in [2.45, 2.75) is 13.0 Å². The van der Waals surface area contributed by atoms with Gasteiger partial charge in [0.25, 0.3) is 17.5 Å². The fourth-order valence-corrected chi connectivity index (χ4v) is 2.48. The van der Waals surface area contributed by atoms with E-state index in [0.29, 0.717) is 11.1 Å². The van der Waals surface area contributed by atoms with Gasteiger partial charge in [-0.15, -0.1) is 10.2 Å². The Morgan fingerprint density at radius 1 is 1.21 bits per heavy atom. The van der Waals surface area contributed by atoms with E-state index >= 15 is 0 Å². The highest BCUT2D eigenvalue weighted by Crippen LogP contribution is 2.37. The van der Waals surface area contributed by atoms with Crippen molar-refractivity contribution in [3.05, 3.63) is 64.2 Å². The summed E-state index contributed by atoms with van der Waals surface area (Å²) in [6.07, 6.45) is 0. The average Bonchev–Trinajstić information content (AvgIpc) is 3.00. The Kier molecular flexibility index (Phi) is 5.12. The van der Waals surface area contributed by atoms with Crippen molar-refractivity contribution in [3.63, 3.8) is 0 Å². The number of H-pyrrole nitrogens is 1. The highest BCUT2D eigenvalue weighted by Gasteiger charge is 2.18. The molecule has 0 unspecified atom stereocenters. The van der Waals surface area contributed by atoms with Gasteiger partial charge in [-0.2, -0.15) is 0 Å². The number of carbonyl (C=O) groups is 2. The lowest BCUT2D eigenvalue weighted by molar-refractivity contribution is -0.384. The van der Waals surface area contributed by atoms with E-state index in [-0.39, 0.29) is 22.6 Å². The normalized spacial score (nSPS) is 12.2. The molecule has 0 fully saturated rings. The molecule has 3 N–H and O–H groups in total. The molecule has 0 saturated heterocycles. The summed E-state index contributed by atoms with van der Waals surface area (Å²) >= 11 is 0. The third kappa shape index (κ3) is 3.85. The minimum absolute atomic E-state index is 0.103. The number of hydrogen-bond acceptors (Lipinski definition) is 6. The molecule has 1 heterocycles. The van der Waals surface area contributed by atoms with Crippen LogP contribution in [0.1, 0.15) is 17.3 Å². The number of fused-ring (bicyclic) bond motifs is 1. The van der Waals surface area contributed by atoms with Crippen LogP contribution in [0.25, 0.3) is 10.9 Å². The van der Waals surface area contributed by atoms with Gasteiger partial charge in [0.15, 0.2) is 5.69 Å². The monoisotopic (exact) mass is 381 g/mol. The molecule has 0 spiro atoms. The third-order valence-electron chi connectivity index (χ3n) is 3.95. The number of nitro benzene ring substituents is 1. The van der Waals surface area contributed by atoms with Crippen LogP contribution in [0.15, 0.2) is 58.8 Å². The summed E-state index contributed by atoms with van der Waals surface area (Å²) in [5, 5.41) is 30.8. The van der Waals surface area contributed by atoms with E-state index in [9.17, 15) is 24.8 Å². The maximum absolute atomic E-state index is 12.2. The van der Waals surface area contributed by atoms with Gasteiger partial charge < -0.3 is 15.4 Å². The van der Waals surface area contributed by atoms with Crippen molar-refractivity contribution in [2.75, 3.05) is 0 Å². The second-order valence-electron chi connectivity index (χ2n) is 5.91. The van der Waals surface area contributed by atoms with Gasteiger partial charge in [0, 0.05) is 23.1 Å². The summed E-state index contributed by atoms with van der Waals surface area (Å²) in [6, 6.07) is 11.3. The van der Waals surface area contributed by atoms with Gasteiger partial charge in [0.05, 0.1) is 10.4 Å². The van der Waals surface area contributed by atoms with Gasteiger partial charge in [-0.25, -0.2) is 0 Å². The largest absolute Gasteiger partial charge is 0.493 e. The Morgan fingerprint density at radius 2 is 1.93 bits per heavy atom. The zero-order valence-electron chi connectivity index (χ0n) is 14.6. The van der Waals surface area contributed by atoms with E-state index in [1.807, 2.05) is 0 Å². The van der Waals surface area contributed by atoms with Crippen molar-refractivity contribution < 1.29 is 19.6 Å². The number of azo groups is 1. The third-order valence-corrected chi connectivity index (χ3v) is 3.95. The molecule has 10 nitrogen and oxygen atoms in total. The number of aromatic nitrogens is 1. The van der Waals surface area contributed by atoms with E-state index in [1.165, 1.54) is 25.1 Å². The van der Waals surface area contributed by atoms with Crippen LogP contribution in [-0.2, 0) is 4.79 Å². The molecule has 2 amide bonds. The van der Waals surface area contributed by atoms with E-state index in [1.54, 1.807) is 30.3 Å². The van der Waals surface area contributed by atoms with Gasteiger partial charge in [-0.1, -0.05) is 18.2 Å². The van der Waals surface area contributed by atoms with Crippen LogP contribution in [0.3, 0.4) is 0 Å². The molecule has 28 heavy (non-hydrogen) atoms. The summed E-state index contributed by atoms with van der Waals surface area (Å²) in [7, 11) is 0. The highest BCUT2D eigenvalue weighted by atomic mass is 16.6. The first-order valence-corrected chi connectivity index (χ1v) is 8.17. The summed E-state index contributed by atoms with van der Waals surface area (Å²) < 4.78 is 0. The first-order chi connectivity index (χ1) is 13.4. The lowest BCUT2D eigenvalue weighted by Crippen LogP contribution is -2.37. The fourth-order valence-electron chi connectivity index (χ4n) is 2.48. The number of hydrogen-bond donors (Lipinski definition) is 3. The molecular formula is C18H15N5O5. The van der Waals surface area contributed by atoms with Gasteiger partial charge in [0.2, 0.25) is 5.88 Å². The van der Waals surface area contributed by atoms with Crippen molar-refractivity contribution in [1.29, 1.82) is 0 Å². The lowest BCUT2D eigenvalue weighted by atomic mass is 10.2. The molecule has 1 aromatic heterocycles. The number of benzene rings is 2. The zero-order chi connectivity index (χ0) is 20.3. The molecule has 0 radical (unpaired) electrons. The maximum atomic E-state index is 12.2. The molecule has 0 aliphatic rings. The average molecular weight is 381 g/mol. The molecular weight excluding hydrogens is 366 g/mol. The topological polar surface area (TPSA) is 150 Å². The van der Waals surface area contributed by atoms with E-state index in [2.05, 4.69) is 20.5 Å². The Labute approximate surface area is 158 Å². The standard InChI is InChI=1S/C18H15N5O5/c1-10(19-17(25)11-5-3-2-4-6-11)16(24)22-21-15-13-9-12(23(27)28)7-8-14(13)20-18(15)26/h2-10,20,26H,1H3,(H,19,25)/t10-/m0/s1. The van der Waals surface area contributed by atoms with Crippen LogP contribution in [0.4, 0.5) is 11.4 Å². The number of aromatic hydroxyl groups is 1. The molecule has 0 aliphatic carbocycles. The molecule has 2 aromatic carbocycles.